The molecule has 0 spiro atoms. The Morgan fingerprint density at radius 2 is 2.00 bits per heavy atom. The highest BCUT2D eigenvalue weighted by atomic mass is 15.3. The Labute approximate surface area is 101 Å². The van der Waals surface area contributed by atoms with E-state index in [0.29, 0.717) is 6.04 Å². The van der Waals surface area contributed by atoms with Crippen molar-refractivity contribution in [3.63, 3.8) is 0 Å². The van der Waals surface area contributed by atoms with Crippen LogP contribution < -0.4 is 5.32 Å². The number of nitrogens with zero attached hydrogens (tertiary/aromatic N) is 3. The van der Waals surface area contributed by atoms with Crippen molar-refractivity contribution in [2.24, 2.45) is 0 Å². The molecule has 88 valence electrons. The third-order valence-electron chi connectivity index (χ3n) is 3.22. The van der Waals surface area contributed by atoms with E-state index in [4.69, 9.17) is 0 Å². The van der Waals surface area contributed by atoms with Crippen molar-refractivity contribution in [3.05, 3.63) is 36.7 Å². The minimum atomic E-state index is 0.536. The van der Waals surface area contributed by atoms with E-state index in [9.17, 15) is 0 Å². The first kappa shape index (κ1) is 10.5. The zero-order valence-electron chi connectivity index (χ0n) is 9.71. The molecule has 17 heavy (non-hydrogen) atoms. The SMILES string of the molecule is c1ccc(-c2ccn(C3CCNCC3)n2)nc1. The highest BCUT2D eigenvalue weighted by Gasteiger charge is 2.15. The van der Waals surface area contributed by atoms with E-state index in [1.54, 1.807) is 6.20 Å². The third-order valence-corrected chi connectivity index (χ3v) is 3.22. The van der Waals surface area contributed by atoms with Crippen molar-refractivity contribution < 1.29 is 0 Å². The summed E-state index contributed by atoms with van der Waals surface area (Å²) in [6.45, 7) is 2.17. The molecule has 1 saturated heterocycles. The molecular formula is C13H16N4. The van der Waals surface area contributed by atoms with Crippen molar-refractivity contribution in [2.45, 2.75) is 18.9 Å². The van der Waals surface area contributed by atoms with E-state index < -0.39 is 0 Å². The van der Waals surface area contributed by atoms with Crippen LogP contribution in [0.4, 0.5) is 0 Å². The molecule has 0 radical (unpaired) electrons. The van der Waals surface area contributed by atoms with Gasteiger partial charge >= 0.3 is 0 Å². The minimum Gasteiger partial charge on any atom is -0.317 e. The summed E-state index contributed by atoms with van der Waals surface area (Å²) >= 11 is 0. The normalized spacial score (nSPS) is 17.2. The van der Waals surface area contributed by atoms with Gasteiger partial charge in [-0.15, -0.1) is 0 Å². The maximum atomic E-state index is 4.63. The molecule has 0 saturated carbocycles. The first-order chi connectivity index (χ1) is 8.43. The summed E-state index contributed by atoms with van der Waals surface area (Å²) in [5.41, 5.74) is 1.91. The molecule has 0 atom stereocenters. The Hall–Kier alpha value is -1.68. The lowest BCUT2D eigenvalue weighted by molar-refractivity contribution is 0.343. The minimum absolute atomic E-state index is 0.536. The number of pyridine rings is 1. The van der Waals surface area contributed by atoms with Crippen LogP contribution in [0.1, 0.15) is 18.9 Å². The van der Waals surface area contributed by atoms with E-state index in [1.165, 1.54) is 0 Å². The fourth-order valence-corrected chi connectivity index (χ4v) is 2.26. The molecule has 0 bridgehead atoms. The highest BCUT2D eigenvalue weighted by molar-refractivity contribution is 5.52. The van der Waals surface area contributed by atoms with Gasteiger partial charge in [-0.2, -0.15) is 5.10 Å². The van der Waals surface area contributed by atoms with Crippen LogP contribution in [0.2, 0.25) is 0 Å². The lowest BCUT2D eigenvalue weighted by atomic mass is 10.1. The van der Waals surface area contributed by atoms with Gasteiger partial charge in [0.1, 0.15) is 5.69 Å². The zero-order valence-corrected chi connectivity index (χ0v) is 9.71. The molecule has 4 nitrogen and oxygen atoms in total. The number of piperidine rings is 1. The van der Waals surface area contributed by atoms with Gasteiger partial charge in [-0.1, -0.05) is 6.07 Å². The summed E-state index contributed by atoms with van der Waals surface area (Å²) in [6, 6.07) is 8.49. The Morgan fingerprint density at radius 1 is 1.12 bits per heavy atom. The molecule has 0 aliphatic carbocycles. The number of hydrogen-bond acceptors (Lipinski definition) is 3. The summed E-state index contributed by atoms with van der Waals surface area (Å²) in [5.74, 6) is 0. The third kappa shape index (κ3) is 2.22. The van der Waals surface area contributed by atoms with Gasteiger partial charge in [0.15, 0.2) is 0 Å². The highest BCUT2D eigenvalue weighted by Crippen LogP contribution is 2.20. The van der Waals surface area contributed by atoms with Gasteiger partial charge < -0.3 is 5.32 Å². The molecule has 1 fully saturated rings. The van der Waals surface area contributed by atoms with Crippen molar-refractivity contribution in [1.29, 1.82) is 0 Å². The van der Waals surface area contributed by atoms with Gasteiger partial charge in [0.2, 0.25) is 0 Å². The summed E-state index contributed by atoms with van der Waals surface area (Å²) < 4.78 is 2.09. The van der Waals surface area contributed by atoms with Gasteiger partial charge in [0.05, 0.1) is 11.7 Å². The lowest BCUT2D eigenvalue weighted by Crippen LogP contribution is -2.29. The van der Waals surface area contributed by atoms with E-state index in [-0.39, 0.29) is 0 Å². The van der Waals surface area contributed by atoms with Gasteiger partial charge in [-0.05, 0) is 44.1 Å². The van der Waals surface area contributed by atoms with Crippen molar-refractivity contribution in [1.82, 2.24) is 20.1 Å². The second-order valence-corrected chi connectivity index (χ2v) is 4.38. The number of aromatic nitrogens is 3. The molecule has 1 aliphatic heterocycles. The second-order valence-electron chi connectivity index (χ2n) is 4.38. The fraction of sp³-hybridized carbons (Fsp3) is 0.385. The molecule has 3 heterocycles. The summed E-state index contributed by atoms with van der Waals surface area (Å²) in [7, 11) is 0. The molecule has 0 aromatic carbocycles. The molecule has 3 rings (SSSR count). The van der Waals surface area contributed by atoms with Crippen LogP contribution in [0, 0.1) is 0 Å². The second kappa shape index (κ2) is 4.67. The van der Waals surface area contributed by atoms with Gasteiger partial charge in [0, 0.05) is 12.4 Å². The predicted molar refractivity (Wildman–Crippen MR) is 66.6 cm³/mol. The lowest BCUT2D eigenvalue weighted by Gasteiger charge is -2.22. The van der Waals surface area contributed by atoms with E-state index in [2.05, 4.69) is 26.3 Å². The maximum Gasteiger partial charge on any atom is 0.111 e. The maximum absolute atomic E-state index is 4.63. The van der Waals surface area contributed by atoms with Crippen LogP contribution in [0.3, 0.4) is 0 Å². The Kier molecular flexibility index (Phi) is 2.88. The molecule has 4 heteroatoms. The Morgan fingerprint density at radius 3 is 2.76 bits per heavy atom. The fourth-order valence-electron chi connectivity index (χ4n) is 2.26. The van der Waals surface area contributed by atoms with Crippen LogP contribution in [-0.4, -0.2) is 27.9 Å². The standard InChI is InChI=1S/C13H16N4/c1-2-7-15-12(3-1)13-6-10-17(16-13)11-4-8-14-9-5-11/h1-3,6-7,10-11,14H,4-5,8-9H2. The number of nitrogens with one attached hydrogen (secondary N) is 1. The molecule has 0 amide bonds. The van der Waals surface area contributed by atoms with Gasteiger partial charge in [-0.3, -0.25) is 9.67 Å². The van der Waals surface area contributed by atoms with Crippen LogP contribution in [0.15, 0.2) is 36.7 Å². The summed E-state index contributed by atoms with van der Waals surface area (Å²) in [4.78, 5) is 4.32. The molecular weight excluding hydrogens is 212 g/mol. The Balaban J connectivity index is 1.83. The molecule has 1 aliphatic rings. The Bertz CT molecular complexity index is 471. The average Bonchev–Trinajstić information content (AvgIpc) is 2.90. The van der Waals surface area contributed by atoms with Gasteiger partial charge in [0.25, 0.3) is 0 Å². The number of rotatable bonds is 2. The van der Waals surface area contributed by atoms with E-state index in [0.717, 1.165) is 37.3 Å². The van der Waals surface area contributed by atoms with Crippen molar-refractivity contribution in [2.75, 3.05) is 13.1 Å². The van der Waals surface area contributed by atoms with Crippen LogP contribution in [0.5, 0.6) is 0 Å². The molecule has 1 N–H and O–H groups in total. The van der Waals surface area contributed by atoms with Crippen LogP contribution >= 0.6 is 0 Å². The molecule has 2 aromatic heterocycles. The summed E-state index contributed by atoms with van der Waals surface area (Å²) in [6.07, 6.45) is 6.19. The van der Waals surface area contributed by atoms with Crippen molar-refractivity contribution >= 4 is 0 Å². The largest absolute Gasteiger partial charge is 0.317 e. The smallest absolute Gasteiger partial charge is 0.111 e. The average molecular weight is 228 g/mol. The number of hydrogen-bond donors (Lipinski definition) is 1. The van der Waals surface area contributed by atoms with Gasteiger partial charge in [-0.25, -0.2) is 0 Å². The summed E-state index contributed by atoms with van der Waals surface area (Å²) in [5, 5.41) is 8.00. The van der Waals surface area contributed by atoms with Crippen LogP contribution in [0.25, 0.3) is 11.4 Å². The zero-order chi connectivity index (χ0) is 11.5. The van der Waals surface area contributed by atoms with E-state index >= 15 is 0 Å². The molecule has 0 unspecified atom stereocenters. The first-order valence-corrected chi connectivity index (χ1v) is 6.11. The predicted octanol–water partition coefficient (Wildman–Crippen LogP) is 1.87. The monoisotopic (exact) mass is 228 g/mol. The molecule has 2 aromatic rings. The van der Waals surface area contributed by atoms with Crippen LogP contribution in [-0.2, 0) is 0 Å². The van der Waals surface area contributed by atoms with Crippen molar-refractivity contribution in [3.8, 4) is 11.4 Å². The first-order valence-electron chi connectivity index (χ1n) is 6.11. The topological polar surface area (TPSA) is 42.7 Å². The quantitative estimate of drug-likeness (QED) is 0.853. The van der Waals surface area contributed by atoms with E-state index in [1.807, 2.05) is 24.3 Å².